The zero-order valence-corrected chi connectivity index (χ0v) is 17.9. The summed E-state index contributed by atoms with van der Waals surface area (Å²) in [5.74, 6) is 2.60. The van der Waals surface area contributed by atoms with Crippen molar-refractivity contribution >= 4 is 22.6 Å². The van der Waals surface area contributed by atoms with Crippen LogP contribution in [0.25, 0.3) is 10.8 Å². The zero-order chi connectivity index (χ0) is 20.7. The number of amides is 2. The number of nitrogens with zero attached hydrogens (tertiary/aromatic N) is 1. The second-order valence-electron chi connectivity index (χ2n) is 10.3. The highest BCUT2D eigenvalue weighted by Crippen LogP contribution is 2.60. The van der Waals surface area contributed by atoms with Gasteiger partial charge in [0, 0.05) is 13.6 Å². The van der Waals surface area contributed by atoms with Crippen molar-refractivity contribution in [2.75, 3.05) is 20.1 Å². The Balaban J connectivity index is 1.15. The lowest BCUT2D eigenvalue weighted by molar-refractivity contribution is -0.136. The van der Waals surface area contributed by atoms with Gasteiger partial charge in [0.25, 0.3) is 0 Å². The number of carbonyl (C=O) groups excluding carboxylic acids is 2. The summed E-state index contributed by atoms with van der Waals surface area (Å²) in [6.07, 6.45) is 8.44. The van der Waals surface area contributed by atoms with Crippen LogP contribution in [-0.4, -0.2) is 36.9 Å². The van der Waals surface area contributed by atoms with Crippen LogP contribution in [0.1, 0.15) is 44.1 Å². The fraction of sp³-hybridized carbons (Fsp3) is 0.538. The van der Waals surface area contributed by atoms with Crippen LogP contribution in [0.3, 0.4) is 0 Å². The van der Waals surface area contributed by atoms with E-state index in [4.69, 9.17) is 0 Å². The maximum absolute atomic E-state index is 12.7. The number of carbonyl (C=O) groups is 2. The molecule has 2 aromatic rings. The number of benzene rings is 2. The molecule has 2 amide bonds. The van der Waals surface area contributed by atoms with Crippen molar-refractivity contribution in [2.45, 2.75) is 44.9 Å². The largest absolute Gasteiger partial charge is 0.347 e. The van der Waals surface area contributed by atoms with Crippen LogP contribution >= 0.6 is 0 Å². The highest BCUT2D eigenvalue weighted by atomic mass is 16.2. The van der Waals surface area contributed by atoms with Crippen LogP contribution in [0.4, 0.5) is 0 Å². The molecule has 6 rings (SSSR count). The fourth-order valence-corrected chi connectivity index (χ4v) is 7.07. The molecule has 4 saturated carbocycles. The lowest BCUT2D eigenvalue weighted by Crippen LogP contribution is -2.52. The minimum absolute atomic E-state index is 0.0250. The number of fused-ring (bicyclic) bond motifs is 1. The lowest BCUT2D eigenvalue weighted by atomic mass is 9.49. The predicted molar refractivity (Wildman–Crippen MR) is 119 cm³/mol. The third-order valence-corrected chi connectivity index (χ3v) is 7.83. The third kappa shape index (κ3) is 3.84. The maximum atomic E-state index is 12.7. The molecule has 1 N–H and O–H groups in total. The van der Waals surface area contributed by atoms with E-state index in [1.54, 1.807) is 0 Å². The Hall–Kier alpha value is -2.36. The number of nitrogens with one attached hydrogen (secondary N) is 1. The molecule has 0 heterocycles. The van der Waals surface area contributed by atoms with E-state index in [-0.39, 0.29) is 18.4 Å². The van der Waals surface area contributed by atoms with E-state index in [0.717, 1.165) is 40.6 Å². The normalized spacial score (nSPS) is 29.2. The summed E-state index contributed by atoms with van der Waals surface area (Å²) in [6, 6.07) is 14.1. The Morgan fingerprint density at radius 2 is 1.60 bits per heavy atom. The van der Waals surface area contributed by atoms with Gasteiger partial charge >= 0.3 is 0 Å². The first kappa shape index (κ1) is 19.6. The summed E-state index contributed by atoms with van der Waals surface area (Å²) in [5.41, 5.74) is 1.34. The Kier molecular flexibility index (Phi) is 5.04. The molecule has 0 saturated heterocycles. The molecule has 0 radical (unpaired) electrons. The molecule has 30 heavy (non-hydrogen) atoms. The molecule has 158 valence electrons. The summed E-state index contributed by atoms with van der Waals surface area (Å²) >= 11 is 0. The molecular formula is C26H32N2O2. The Morgan fingerprint density at radius 1 is 0.967 bits per heavy atom. The predicted octanol–water partition coefficient (Wildman–Crippen LogP) is 4.17. The zero-order valence-electron chi connectivity index (χ0n) is 17.9. The molecule has 0 spiro atoms. The van der Waals surface area contributed by atoms with Gasteiger partial charge < -0.3 is 10.2 Å². The first-order valence-corrected chi connectivity index (χ1v) is 11.5. The van der Waals surface area contributed by atoms with Gasteiger partial charge in [0.2, 0.25) is 11.8 Å². The summed E-state index contributed by atoms with van der Waals surface area (Å²) in [7, 11) is 1.91. The second kappa shape index (κ2) is 7.72. The van der Waals surface area contributed by atoms with Gasteiger partial charge in [-0.15, -0.1) is 0 Å². The molecule has 0 unspecified atom stereocenters. The summed E-state index contributed by atoms with van der Waals surface area (Å²) in [4.78, 5) is 27.1. The van der Waals surface area contributed by atoms with Gasteiger partial charge in [-0.25, -0.2) is 0 Å². The van der Waals surface area contributed by atoms with Gasteiger partial charge in [0.15, 0.2) is 0 Å². The van der Waals surface area contributed by atoms with Gasteiger partial charge in [0.05, 0.1) is 13.0 Å². The SMILES string of the molecule is CN(CC12CC3CC(CC(C3)C1)C2)C(=O)CNC(=O)Cc1cccc2ccccc12. The quantitative estimate of drug-likeness (QED) is 0.785. The van der Waals surface area contributed by atoms with Crippen molar-refractivity contribution in [3.8, 4) is 0 Å². The molecule has 4 bridgehead atoms. The standard InChI is InChI=1S/C26H32N2O2/c1-28(17-26-13-18-9-19(14-26)11-20(10-18)15-26)25(30)16-27-24(29)12-22-7-4-6-21-5-2-3-8-23(21)22/h2-8,18-20H,9-17H2,1H3,(H,27,29). The molecule has 0 atom stereocenters. The van der Waals surface area contributed by atoms with Crippen LogP contribution in [0.15, 0.2) is 42.5 Å². The van der Waals surface area contributed by atoms with E-state index < -0.39 is 0 Å². The first-order chi connectivity index (χ1) is 14.5. The van der Waals surface area contributed by atoms with Crippen molar-refractivity contribution in [1.29, 1.82) is 0 Å². The highest BCUT2D eigenvalue weighted by Gasteiger charge is 2.51. The average Bonchev–Trinajstić information content (AvgIpc) is 2.71. The van der Waals surface area contributed by atoms with Crippen LogP contribution in [-0.2, 0) is 16.0 Å². The maximum Gasteiger partial charge on any atom is 0.241 e. The minimum Gasteiger partial charge on any atom is -0.347 e. The van der Waals surface area contributed by atoms with E-state index in [1.807, 2.05) is 42.3 Å². The molecule has 4 nitrogen and oxygen atoms in total. The Bertz CT molecular complexity index is 926. The molecule has 0 aliphatic heterocycles. The first-order valence-electron chi connectivity index (χ1n) is 11.5. The number of likely N-dealkylation sites (N-methyl/N-ethyl adjacent to an activating group) is 1. The summed E-state index contributed by atoms with van der Waals surface area (Å²) < 4.78 is 0. The van der Waals surface area contributed by atoms with E-state index in [2.05, 4.69) is 17.4 Å². The van der Waals surface area contributed by atoms with Gasteiger partial charge in [0.1, 0.15) is 0 Å². The van der Waals surface area contributed by atoms with Crippen LogP contribution < -0.4 is 5.32 Å². The molecule has 0 aromatic heterocycles. The minimum atomic E-state index is -0.0945. The molecule has 4 heteroatoms. The molecule has 2 aromatic carbocycles. The Morgan fingerprint density at radius 3 is 2.30 bits per heavy atom. The van der Waals surface area contributed by atoms with Gasteiger partial charge in [-0.2, -0.15) is 0 Å². The second-order valence-corrected chi connectivity index (χ2v) is 10.3. The van der Waals surface area contributed by atoms with Crippen LogP contribution in [0.2, 0.25) is 0 Å². The van der Waals surface area contributed by atoms with E-state index >= 15 is 0 Å². The van der Waals surface area contributed by atoms with Crippen molar-refractivity contribution < 1.29 is 9.59 Å². The summed E-state index contributed by atoms with van der Waals surface area (Å²) in [6.45, 7) is 0.945. The van der Waals surface area contributed by atoms with Gasteiger partial charge in [-0.05, 0) is 78.0 Å². The third-order valence-electron chi connectivity index (χ3n) is 7.83. The molecule has 4 aliphatic rings. The van der Waals surface area contributed by atoms with Gasteiger partial charge in [-0.3, -0.25) is 9.59 Å². The highest BCUT2D eigenvalue weighted by molar-refractivity contribution is 5.91. The van der Waals surface area contributed by atoms with Crippen molar-refractivity contribution in [2.24, 2.45) is 23.2 Å². The van der Waals surface area contributed by atoms with Gasteiger partial charge in [-0.1, -0.05) is 42.5 Å². The Labute approximate surface area is 179 Å². The topological polar surface area (TPSA) is 49.4 Å². The average molecular weight is 405 g/mol. The van der Waals surface area contributed by atoms with Crippen LogP contribution in [0, 0.1) is 23.2 Å². The lowest BCUT2D eigenvalue weighted by Gasteiger charge is -2.57. The monoisotopic (exact) mass is 404 g/mol. The molecular weight excluding hydrogens is 372 g/mol. The number of hydrogen-bond acceptors (Lipinski definition) is 2. The smallest absolute Gasteiger partial charge is 0.241 e. The van der Waals surface area contributed by atoms with E-state index in [1.165, 1.54) is 38.5 Å². The van der Waals surface area contributed by atoms with Crippen molar-refractivity contribution in [3.05, 3.63) is 48.0 Å². The van der Waals surface area contributed by atoms with Crippen molar-refractivity contribution in [1.82, 2.24) is 10.2 Å². The summed E-state index contributed by atoms with van der Waals surface area (Å²) in [5, 5.41) is 5.09. The van der Waals surface area contributed by atoms with Crippen LogP contribution in [0.5, 0.6) is 0 Å². The van der Waals surface area contributed by atoms with E-state index in [9.17, 15) is 9.59 Å². The molecule has 4 fully saturated rings. The number of rotatable bonds is 6. The van der Waals surface area contributed by atoms with Crippen molar-refractivity contribution in [3.63, 3.8) is 0 Å². The fourth-order valence-electron chi connectivity index (χ4n) is 7.07. The number of hydrogen-bond donors (Lipinski definition) is 1. The molecule has 4 aliphatic carbocycles. The van der Waals surface area contributed by atoms with E-state index in [0.29, 0.717) is 11.8 Å².